The number of halogens is 1. The molecular weight excluding hydrogens is 330 g/mol. The third-order valence-corrected chi connectivity index (χ3v) is 5.48. The molecule has 1 aromatic rings. The lowest BCUT2D eigenvalue weighted by Crippen LogP contribution is -2.44. The van der Waals surface area contributed by atoms with Gasteiger partial charge in [-0.3, -0.25) is 0 Å². The van der Waals surface area contributed by atoms with Crippen LogP contribution in [0.25, 0.3) is 0 Å². The van der Waals surface area contributed by atoms with Crippen LogP contribution in [0.15, 0.2) is 27.6 Å². The van der Waals surface area contributed by atoms with Crippen molar-refractivity contribution >= 4 is 26.0 Å². The van der Waals surface area contributed by atoms with E-state index in [0.717, 1.165) is 37.9 Å². The highest BCUT2D eigenvalue weighted by molar-refractivity contribution is 9.10. The largest absolute Gasteiger partial charge is 0.326 e. The molecular formula is C12H18BrN3O2S. The number of piperidine rings is 1. The van der Waals surface area contributed by atoms with Gasteiger partial charge in [0.05, 0.1) is 4.90 Å². The van der Waals surface area contributed by atoms with Crippen LogP contribution in [0.4, 0.5) is 0 Å². The van der Waals surface area contributed by atoms with Gasteiger partial charge in [-0.05, 0) is 46.5 Å². The third-order valence-electron chi connectivity index (χ3n) is 3.13. The van der Waals surface area contributed by atoms with E-state index in [1.807, 2.05) is 0 Å². The van der Waals surface area contributed by atoms with E-state index in [9.17, 15) is 8.42 Å². The molecule has 19 heavy (non-hydrogen) atoms. The summed E-state index contributed by atoms with van der Waals surface area (Å²) in [5.74, 6) is 0. The van der Waals surface area contributed by atoms with Crippen molar-refractivity contribution in [2.75, 3.05) is 13.1 Å². The summed E-state index contributed by atoms with van der Waals surface area (Å²) < 4.78 is 25.2. The summed E-state index contributed by atoms with van der Waals surface area (Å²) in [6.07, 6.45) is 3.21. The number of benzene rings is 1. The zero-order valence-corrected chi connectivity index (χ0v) is 13.0. The Morgan fingerprint density at radius 3 is 2.53 bits per heavy atom. The Morgan fingerprint density at radius 1 is 1.26 bits per heavy atom. The predicted molar refractivity (Wildman–Crippen MR) is 77.8 cm³/mol. The topological polar surface area (TPSA) is 75.4 Å². The quantitative estimate of drug-likeness (QED) is 0.867. The second kappa shape index (κ2) is 6.32. The van der Waals surface area contributed by atoms with Crippen molar-refractivity contribution in [3.05, 3.63) is 28.2 Å². The van der Waals surface area contributed by atoms with Crippen molar-refractivity contribution in [2.45, 2.75) is 30.7 Å². The van der Waals surface area contributed by atoms with E-state index in [-0.39, 0.29) is 4.90 Å². The van der Waals surface area contributed by atoms with E-state index in [0.29, 0.717) is 11.0 Å². The molecule has 0 unspecified atom stereocenters. The van der Waals surface area contributed by atoms with Crippen molar-refractivity contribution in [3.8, 4) is 0 Å². The van der Waals surface area contributed by atoms with Gasteiger partial charge in [0.25, 0.3) is 10.0 Å². The number of hydrogen-bond acceptors (Lipinski definition) is 4. The number of rotatable bonds is 4. The van der Waals surface area contributed by atoms with E-state index in [1.54, 1.807) is 23.2 Å². The minimum Gasteiger partial charge on any atom is -0.326 e. The summed E-state index contributed by atoms with van der Waals surface area (Å²) >= 11 is 3.30. The molecule has 106 valence electrons. The summed E-state index contributed by atoms with van der Waals surface area (Å²) in [7, 11) is -3.53. The highest BCUT2D eigenvalue weighted by atomic mass is 79.9. The molecule has 0 spiro atoms. The van der Waals surface area contributed by atoms with E-state index in [4.69, 9.17) is 5.73 Å². The zero-order chi connectivity index (χ0) is 13.9. The lowest BCUT2D eigenvalue weighted by molar-refractivity contribution is 0.200. The fourth-order valence-corrected chi connectivity index (χ4v) is 4.34. The summed E-state index contributed by atoms with van der Waals surface area (Å²) in [6, 6.07) is 5.05. The molecule has 0 aliphatic carbocycles. The van der Waals surface area contributed by atoms with E-state index < -0.39 is 10.0 Å². The van der Waals surface area contributed by atoms with Crippen LogP contribution in [0.2, 0.25) is 0 Å². The smallest absolute Gasteiger partial charge is 0.254 e. The van der Waals surface area contributed by atoms with Crippen molar-refractivity contribution in [2.24, 2.45) is 5.73 Å². The highest BCUT2D eigenvalue weighted by Gasteiger charge is 2.22. The number of sulfonamides is 1. The maximum Gasteiger partial charge on any atom is 0.254 e. The molecule has 5 nitrogen and oxygen atoms in total. The molecule has 1 fully saturated rings. The maximum atomic E-state index is 12.3. The first-order chi connectivity index (χ1) is 9.03. The van der Waals surface area contributed by atoms with Crippen molar-refractivity contribution in [3.63, 3.8) is 0 Å². The maximum absolute atomic E-state index is 12.3. The average molecular weight is 348 g/mol. The van der Waals surface area contributed by atoms with Crippen molar-refractivity contribution in [1.82, 2.24) is 9.84 Å². The van der Waals surface area contributed by atoms with Crippen molar-refractivity contribution < 1.29 is 8.42 Å². The van der Waals surface area contributed by atoms with E-state index in [1.165, 1.54) is 0 Å². The molecule has 1 heterocycles. The molecule has 7 heteroatoms. The number of nitrogens with one attached hydrogen (secondary N) is 1. The number of nitrogens with two attached hydrogens (primary N) is 1. The average Bonchev–Trinajstić information content (AvgIpc) is 2.38. The first-order valence-electron chi connectivity index (χ1n) is 6.29. The van der Waals surface area contributed by atoms with Crippen LogP contribution in [-0.2, 0) is 16.6 Å². The van der Waals surface area contributed by atoms with Gasteiger partial charge >= 0.3 is 0 Å². The van der Waals surface area contributed by atoms with Crippen molar-refractivity contribution in [1.29, 1.82) is 0 Å². The SMILES string of the molecule is NCc1ccc(S(=O)(=O)NN2CCCCC2)c(Br)c1. The Hall–Kier alpha value is -0.470. The van der Waals surface area contributed by atoms with Crippen LogP contribution in [0.3, 0.4) is 0 Å². The second-order valence-electron chi connectivity index (χ2n) is 4.61. The van der Waals surface area contributed by atoms with Gasteiger partial charge in [-0.1, -0.05) is 12.5 Å². The van der Waals surface area contributed by atoms with Gasteiger partial charge in [0, 0.05) is 24.1 Å². The molecule has 0 atom stereocenters. The van der Waals surface area contributed by atoms with Crippen LogP contribution in [0.1, 0.15) is 24.8 Å². The minimum absolute atomic E-state index is 0.246. The van der Waals surface area contributed by atoms with Gasteiger partial charge in [0.2, 0.25) is 0 Å². The van der Waals surface area contributed by atoms with Crippen LogP contribution >= 0.6 is 15.9 Å². The van der Waals surface area contributed by atoms with Gasteiger partial charge in [-0.2, -0.15) is 0 Å². The van der Waals surface area contributed by atoms with Gasteiger partial charge in [-0.15, -0.1) is 4.83 Å². The van der Waals surface area contributed by atoms with Gasteiger partial charge in [0.15, 0.2) is 0 Å². The summed E-state index contributed by atoms with van der Waals surface area (Å²) in [6.45, 7) is 1.91. The summed E-state index contributed by atoms with van der Waals surface area (Å²) in [5.41, 5.74) is 6.43. The van der Waals surface area contributed by atoms with E-state index in [2.05, 4.69) is 20.8 Å². The number of hydrazine groups is 1. The molecule has 3 N–H and O–H groups in total. The second-order valence-corrected chi connectivity index (χ2v) is 7.09. The van der Waals surface area contributed by atoms with Crippen LogP contribution in [0, 0.1) is 0 Å². The Kier molecular flexibility index (Phi) is 4.97. The lowest BCUT2D eigenvalue weighted by Gasteiger charge is -2.26. The molecule has 0 aromatic heterocycles. The Balaban J connectivity index is 2.18. The van der Waals surface area contributed by atoms with Gasteiger partial charge in [-0.25, -0.2) is 13.4 Å². The van der Waals surface area contributed by atoms with E-state index >= 15 is 0 Å². The highest BCUT2D eigenvalue weighted by Crippen LogP contribution is 2.23. The van der Waals surface area contributed by atoms with Crippen LogP contribution < -0.4 is 10.6 Å². The Labute approximate surface area is 122 Å². The lowest BCUT2D eigenvalue weighted by atomic mass is 10.2. The molecule has 1 aliphatic heterocycles. The van der Waals surface area contributed by atoms with Gasteiger partial charge in [0.1, 0.15) is 0 Å². The fourth-order valence-electron chi connectivity index (χ4n) is 2.09. The normalized spacial score (nSPS) is 17.6. The monoisotopic (exact) mass is 347 g/mol. The molecule has 1 saturated heterocycles. The molecule has 0 bridgehead atoms. The molecule has 2 rings (SSSR count). The summed E-state index contributed by atoms with van der Waals surface area (Å²) in [4.78, 5) is 2.88. The van der Waals surface area contributed by atoms with Crippen LogP contribution in [0.5, 0.6) is 0 Å². The standard InChI is InChI=1S/C12H18BrN3O2S/c13-11-8-10(9-14)4-5-12(11)19(17,18)15-16-6-2-1-3-7-16/h4-5,8,15H,1-3,6-7,9,14H2. The predicted octanol–water partition coefficient (Wildman–Crippen LogP) is 1.59. The molecule has 0 amide bonds. The minimum atomic E-state index is -3.53. The first kappa shape index (κ1) is 14.9. The zero-order valence-electron chi connectivity index (χ0n) is 10.6. The first-order valence-corrected chi connectivity index (χ1v) is 8.56. The molecule has 1 aromatic carbocycles. The third kappa shape index (κ3) is 3.76. The molecule has 1 aliphatic rings. The molecule has 0 saturated carbocycles. The molecule has 0 radical (unpaired) electrons. The Morgan fingerprint density at radius 2 is 1.95 bits per heavy atom. The number of hydrogen-bond donors (Lipinski definition) is 2. The van der Waals surface area contributed by atoms with Gasteiger partial charge < -0.3 is 5.73 Å². The fraction of sp³-hybridized carbons (Fsp3) is 0.500. The number of nitrogens with zero attached hydrogens (tertiary/aromatic N) is 1. The summed E-state index contributed by atoms with van der Waals surface area (Å²) in [5, 5.41) is 1.77. The van der Waals surface area contributed by atoms with Crippen LogP contribution in [-0.4, -0.2) is 26.5 Å². The Bertz CT molecular complexity index is 542.